The van der Waals surface area contributed by atoms with Crippen molar-refractivity contribution in [2.24, 2.45) is 0 Å². The molecule has 2 aromatic carbocycles. The number of hydrogen-bond acceptors (Lipinski definition) is 6. The minimum Gasteiger partial charge on any atom is -0.306 e. The standard InChI is InChI=1S/C17H14Cl2N2O6S4/c18-13-8-15(16(9-14(13)19)21-31(26,27)17-5-2-6-28-17)20-30(24,25)12-4-1-3-11(7-12)10-29(22)23/h1-9,20-21H,10H2,(H,22,23). The van der Waals surface area contributed by atoms with Gasteiger partial charge >= 0.3 is 0 Å². The van der Waals surface area contributed by atoms with Crippen molar-refractivity contribution in [3.63, 3.8) is 0 Å². The van der Waals surface area contributed by atoms with Gasteiger partial charge in [0.25, 0.3) is 20.0 Å². The predicted octanol–water partition coefficient (Wildman–Crippen LogP) is 4.38. The van der Waals surface area contributed by atoms with Crippen LogP contribution in [0.5, 0.6) is 0 Å². The quantitative estimate of drug-likeness (QED) is 0.363. The van der Waals surface area contributed by atoms with Crippen molar-refractivity contribution in [2.45, 2.75) is 14.9 Å². The Hall–Kier alpha value is -1.67. The maximum absolute atomic E-state index is 12.9. The highest BCUT2D eigenvalue weighted by Gasteiger charge is 2.22. The maximum atomic E-state index is 12.9. The van der Waals surface area contributed by atoms with E-state index in [1.165, 1.54) is 42.5 Å². The van der Waals surface area contributed by atoms with Crippen LogP contribution in [0.25, 0.3) is 0 Å². The average molecular weight is 541 g/mol. The van der Waals surface area contributed by atoms with Crippen LogP contribution in [0, 0.1) is 0 Å². The molecular weight excluding hydrogens is 527 g/mol. The zero-order chi connectivity index (χ0) is 22.8. The highest BCUT2D eigenvalue weighted by atomic mass is 35.5. The molecule has 0 saturated heterocycles. The number of benzene rings is 2. The van der Waals surface area contributed by atoms with Gasteiger partial charge in [0.15, 0.2) is 11.1 Å². The summed E-state index contributed by atoms with van der Waals surface area (Å²) in [5, 5.41) is 1.60. The number of halogens is 2. The second kappa shape index (κ2) is 9.45. The van der Waals surface area contributed by atoms with Gasteiger partial charge in [0.1, 0.15) is 4.21 Å². The molecule has 3 rings (SSSR count). The molecule has 8 nitrogen and oxygen atoms in total. The number of sulfonamides is 2. The molecule has 0 amide bonds. The Morgan fingerprint density at radius 2 is 1.52 bits per heavy atom. The molecule has 3 N–H and O–H groups in total. The van der Waals surface area contributed by atoms with Crippen LogP contribution in [-0.4, -0.2) is 25.6 Å². The number of anilines is 2. The zero-order valence-corrected chi connectivity index (χ0v) is 20.1. The molecule has 0 aliphatic rings. The Morgan fingerprint density at radius 1 is 0.903 bits per heavy atom. The van der Waals surface area contributed by atoms with Crippen molar-refractivity contribution in [3.05, 3.63) is 69.5 Å². The SMILES string of the molecule is O=S(O)Cc1cccc(S(=O)(=O)Nc2cc(Cl)c(Cl)cc2NS(=O)(=O)c2cccs2)c1. The largest absolute Gasteiger partial charge is 0.306 e. The lowest BCUT2D eigenvalue weighted by atomic mass is 10.2. The van der Waals surface area contributed by atoms with Gasteiger partial charge in [-0.25, -0.2) is 21.0 Å². The van der Waals surface area contributed by atoms with E-state index in [1.54, 1.807) is 11.4 Å². The van der Waals surface area contributed by atoms with Crippen molar-refractivity contribution in [2.75, 3.05) is 9.44 Å². The first-order valence-corrected chi connectivity index (χ1v) is 14.1. The van der Waals surface area contributed by atoms with Gasteiger partial charge in [-0.05, 0) is 41.3 Å². The summed E-state index contributed by atoms with van der Waals surface area (Å²) in [6.45, 7) is 0. The first kappa shape index (κ1) is 24.0. The molecule has 14 heteroatoms. The third-order valence-corrected chi connectivity index (χ3v) is 9.24. The summed E-state index contributed by atoms with van der Waals surface area (Å²) >= 11 is 10.9. The lowest BCUT2D eigenvalue weighted by Gasteiger charge is -2.15. The molecule has 0 spiro atoms. The van der Waals surface area contributed by atoms with Crippen LogP contribution < -0.4 is 9.44 Å². The third-order valence-electron chi connectivity index (χ3n) is 3.81. The van der Waals surface area contributed by atoms with Gasteiger partial charge in [-0.2, -0.15) is 0 Å². The van der Waals surface area contributed by atoms with Crippen molar-refractivity contribution in [1.82, 2.24) is 0 Å². The number of nitrogens with one attached hydrogen (secondary N) is 2. The van der Waals surface area contributed by atoms with E-state index in [9.17, 15) is 21.0 Å². The molecule has 1 atom stereocenters. The Labute approximate surface area is 195 Å². The zero-order valence-electron chi connectivity index (χ0n) is 15.3. The van der Waals surface area contributed by atoms with E-state index >= 15 is 0 Å². The molecule has 0 saturated carbocycles. The highest BCUT2D eigenvalue weighted by molar-refractivity contribution is 7.94. The summed E-state index contributed by atoms with van der Waals surface area (Å²) in [6.07, 6.45) is 0. The summed E-state index contributed by atoms with van der Waals surface area (Å²) in [5.74, 6) is -0.248. The molecular formula is C17H14Cl2N2O6S4. The van der Waals surface area contributed by atoms with Crippen LogP contribution >= 0.6 is 34.5 Å². The second-order valence-electron chi connectivity index (χ2n) is 6.07. The Kier molecular flexibility index (Phi) is 7.31. The van der Waals surface area contributed by atoms with Crippen LogP contribution in [-0.2, 0) is 36.9 Å². The summed E-state index contributed by atoms with van der Waals surface area (Å²) < 4.78 is 75.6. The van der Waals surface area contributed by atoms with Gasteiger partial charge in [-0.1, -0.05) is 41.4 Å². The van der Waals surface area contributed by atoms with E-state index in [0.29, 0.717) is 5.56 Å². The van der Waals surface area contributed by atoms with E-state index < -0.39 is 31.1 Å². The van der Waals surface area contributed by atoms with Crippen molar-refractivity contribution >= 4 is 77.0 Å². The summed E-state index contributed by atoms with van der Waals surface area (Å²) in [7, 11) is -8.19. The smallest absolute Gasteiger partial charge is 0.271 e. The van der Waals surface area contributed by atoms with Gasteiger partial charge < -0.3 is 4.55 Å². The Balaban J connectivity index is 1.99. The first-order valence-electron chi connectivity index (χ1n) is 8.22. The van der Waals surface area contributed by atoms with Crippen LogP contribution in [0.3, 0.4) is 0 Å². The van der Waals surface area contributed by atoms with Crippen molar-refractivity contribution < 1.29 is 25.6 Å². The normalized spacial score (nSPS) is 13.0. The molecule has 166 valence electrons. The fraction of sp³-hybridized carbons (Fsp3) is 0.0588. The van der Waals surface area contributed by atoms with Gasteiger partial charge in [-0.15, -0.1) is 11.3 Å². The molecule has 0 aliphatic heterocycles. The maximum Gasteiger partial charge on any atom is 0.271 e. The average Bonchev–Trinajstić information content (AvgIpc) is 3.21. The fourth-order valence-corrected chi connectivity index (χ4v) is 6.47. The predicted molar refractivity (Wildman–Crippen MR) is 123 cm³/mol. The lowest BCUT2D eigenvalue weighted by molar-refractivity contribution is 0.563. The molecule has 0 bridgehead atoms. The molecule has 1 heterocycles. The lowest BCUT2D eigenvalue weighted by Crippen LogP contribution is -2.17. The summed E-state index contributed by atoms with van der Waals surface area (Å²) in [5.41, 5.74) is 0.0566. The van der Waals surface area contributed by atoms with Gasteiger partial charge in [0, 0.05) is 0 Å². The molecule has 31 heavy (non-hydrogen) atoms. The van der Waals surface area contributed by atoms with Crippen LogP contribution in [0.1, 0.15) is 5.56 Å². The minimum absolute atomic E-state index is 0.00265. The topological polar surface area (TPSA) is 130 Å². The van der Waals surface area contributed by atoms with Gasteiger partial charge in [-0.3, -0.25) is 9.44 Å². The van der Waals surface area contributed by atoms with Crippen LogP contribution in [0.4, 0.5) is 11.4 Å². The molecule has 0 fully saturated rings. The van der Waals surface area contributed by atoms with E-state index in [4.69, 9.17) is 27.8 Å². The number of rotatable bonds is 8. The van der Waals surface area contributed by atoms with Crippen LogP contribution in [0.15, 0.2) is 63.0 Å². The fourth-order valence-electron chi connectivity index (χ4n) is 2.48. The molecule has 3 aromatic rings. The summed E-state index contributed by atoms with van der Waals surface area (Å²) in [6, 6.07) is 10.8. The molecule has 0 radical (unpaired) electrons. The number of hydrogen-bond donors (Lipinski definition) is 3. The summed E-state index contributed by atoms with van der Waals surface area (Å²) in [4.78, 5) is -0.186. The van der Waals surface area contributed by atoms with E-state index in [-0.39, 0.29) is 36.3 Å². The minimum atomic E-state index is -4.20. The van der Waals surface area contributed by atoms with Gasteiger partial charge in [0.05, 0.1) is 32.1 Å². The monoisotopic (exact) mass is 540 g/mol. The molecule has 1 aromatic heterocycles. The first-order chi connectivity index (χ1) is 14.5. The van der Waals surface area contributed by atoms with Crippen molar-refractivity contribution in [3.8, 4) is 0 Å². The van der Waals surface area contributed by atoms with Crippen molar-refractivity contribution in [1.29, 1.82) is 0 Å². The van der Waals surface area contributed by atoms with E-state index in [0.717, 1.165) is 11.3 Å². The third kappa shape index (κ3) is 5.98. The molecule has 1 unspecified atom stereocenters. The Bertz CT molecular complexity index is 1340. The Morgan fingerprint density at radius 3 is 2.06 bits per heavy atom. The van der Waals surface area contributed by atoms with Gasteiger partial charge in [0.2, 0.25) is 0 Å². The van der Waals surface area contributed by atoms with Crippen LogP contribution in [0.2, 0.25) is 10.0 Å². The van der Waals surface area contributed by atoms with E-state index in [2.05, 4.69) is 9.44 Å². The second-order valence-corrected chi connectivity index (χ2v) is 12.4. The molecule has 0 aliphatic carbocycles. The number of thiophene rings is 1. The van der Waals surface area contributed by atoms with E-state index in [1.807, 2.05) is 0 Å². The highest BCUT2D eigenvalue weighted by Crippen LogP contribution is 2.35.